The Hall–Kier alpha value is -0.920. The van der Waals surface area contributed by atoms with Crippen molar-refractivity contribution in [2.24, 2.45) is 7.05 Å². The summed E-state index contributed by atoms with van der Waals surface area (Å²) in [4.78, 5) is 23.9. The molecule has 7 heteroatoms. The van der Waals surface area contributed by atoms with Gasteiger partial charge in [-0.1, -0.05) is 0 Å². The number of carbonyl (C=O) groups is 1. The maximum absolute atomic E-state index is 12.0. The minimum Gasteiger partial charge on any atom is -0.386 e. The number of amides is 1. The molecule has 110 valence electrons. The van der Waals surface area contributed by atoms with E-state index in [-0.39, 0.29) is 17.7 Å². The summed E-state index contributed by atoms with van der Waals surface area (Å²) in [6, 6.07) is 3.15. The first kappa shape index (κ1) is 15.5. The zero-order valence-corrected chi connectivity index (χ0v) is 12.9. The average Bonchev–Trinajstić information content (AvgIpc) is 2.65. The van der Waals surface area contributed by atoms with Gasteiger partial charge in [0, 0.05) is 42.8 Å². The second-order valence-corrected chi connectivity index (χ2v) is 7.06. The van der Waals surface area contributed by atoms with Crippen LogP contribution in [0.2, 0.25) is 0 Å². The monoisotopic (exact) mass is 314 g/mol. The molecule has 20 heavy (non-hydrogen) atoms. The smallest absolute Gasteiger partial charge is 0.263 e. The predicted octanol–water partition coefficient (Wildman–Crippen LogP) is 0.326. The van der Waals surface area contributed by atoms with Crippen LogP contribution in [0.1, 0.15) is 10.4 Å². The molecule has 1 aromatic heterocycles. The van der Waals surface area contributed by atoms with Crippen LogP contribution < -0.4 is 10.9 Å². The van der Waals surface area contributed by atoms with Crippen LogP contribution in [0, 0.1) is 0 Å². The van der Waals surface area contributed by atoms with Gasteiger partial charge >= 0.3 is 0 Å². The highest BCUT2D eigenvalue weighted by Gasteiger charge is 2.29. The molecule has 2 rings (SSSR count). The second kappa shape index (κ2) is 6.69. The van der Waals surface area contributed by atoms with E-state index >= 15 is 0 Å². The molecule has 1 aliphatic heterocycles. The van der Waals surface area contributed by atoms with Crippen molar-refractivity contribution in [1.82, 2.24) is 9.88 Å². The summed E-state index contributed by atoms with van der Waals surface area (Å²) in [6.45, 7) is 0.171. The zero-order valence-electron chi connectivity index (χ0n) is 11.3. The van der Waals surface area contributed by atoms with Crippen molar-refractivity contribution in [2.45, 2.75) is 5.60 Å². The first-order chi connectivity index (χ1) is 9.52. The molecule has 0 unspecified atom stereocenters. The molecule has 0 aromatic carbocycles. The highest BCUT2D eigenvalue weighted by Crippen LogP contribution is 2.24. The maximum Gasteiger partial charge on any atom is 0.263 e. The lowest BCUT2D eigenvalue weighted by Crippen LogP contribution is -2.47. The van der Waals surface area contributed by atoms with Gasteiger partial charge in [-0.05, 0) is 12.1 Å². The topological polar surface area (TPSA) is 71.3 Å². The van der Waals surface area contributed by atoms with Crippen LogP contribution in [0.3, 0.4) is 0 Å². The Morgan fingerprint density at radius 1 is 1.45 bits per heavy atom. The van der Waals surface area contributed by atoms with Crippen molar-refractivity contribution < 1.29 is 9.90 Å². The number of hydrogen-bond donors (Lipinski definition) is 2. The van der Waals surface area contributed by atoms with Crippen molar-refractivity contribution in [3.05, 3.63) is 34.2 Å². The molecule has 0 atom stereocenters. The number of aliphatic hydroxyl groups is 1. The standard InChI is InChI=1S/C13H18N2O3S2/c1-15-4-2-3-10(12(15)17)11(16)14-7-13(18)8-19-5-6-20-9-13/h2-4,18H,5-9H2,1H3,(H,14,16). The van der Waals surface area contributed by atoms with Gasteiger partial charge in [0.15, 0.2) is 0 Å². The predicted molar refractivity (Wildman–Crippen MR) is 83.6 cm³/mol. The van der Waals surface area contributed by atoms with Crippen molar-refractivity contribution in [1.29, 1.82) is 0 Å². The third-order valence-corrected chi connectivity index (χ3v) is 5.79. The Morgan fingerprint density at radius 2 is 2.10 bits per heavy atom. The second-order valence-electron chi connectivity index (χ2n) is 4.85. The van der Waals surface area contributed by atoms with Gasteiger partial charge in [-0.15, -0.1) is 0 Å². The van der Waals surface area contributed by atoms with E-state index in [2.05, 4.69) is 5.32 Å². The number of carbonyl (C=O) groups excluding carboxylic acids is 1. The van der Waals surface area contributed by atoms with E-state index in [9.17, 15) is 14.7 Å². The van der Waals surface area contributed by atoms with Crippen molar-refractivity contribution in [3.63, 3.8) is 0 Å². The average molecular weight is 314 g/mol. The van der Waals surface area contributed by atoms with Gasteiger partial charge in [0.25, 0.3) is 11.5 Å². The Morgan fingerprint density at radius 3 is 2.75 bits per heavy atom. The lowest BCUT2D eigenvalue weighted by atomic mass is 10.1. The number of aryl methyl sites for hydroxylation is 1. The molecular formula is C13H18N2O3S2. The van der Waals surface area contributed by atoms with Crippen molar-refractivity contribution in [2.75, 3.05) is 29.6 Å². The van der Waals surface area contributed by atoms with E-state index in [1.807, 2.05) is 0 Å². The van der Waals surface area contributed by atoms with Crippen molar-refractivity contribution >= 4 is 29.4 Å². The molecule has 0 radical (unpaired) electrons. The molecule has 0 aliphatic carbocycles. The van der Waals surface area contributed by atoms with Gasteiger partial charge in [0.1, 0.15) is 5.56 Å². The molecule has 1 saturated heterocycles. The van der Waals surface area contributed by atoms with E-state index in [4.69, 9.17) is 0 Å². The molecule has 1 amide bonds. The first-order valence-corrected chi connectivity index (χ1v) is 8.64. The molecule has 0 saturated carbocycles. The number of pyridine rings is 1. The lowest BCUT2D eigenvalue weighted by Gasteiger charge is -2.25. The molecule has 2 heterocycles. The van der Waals surface area contributed by atoms with Crippen LogP contribution in [0.25, 0.3) is 0 Å². The van der Waals surface area contributed by atoms with Crippen LogP contribution in [0.5, 0.6) is 0 Å². The highest BCUT2D eigenvalue weighted by atomic mass is 32.2. The van der Waals surface area contributed by atoms with Crippen LogP contribution in [0.4, 0.5) is 0 Å². The fraction of sp³-hybridized carbons (Fsp3) is 0.538. The molecule has 1 aliphatic rings. The summed E-state index contributed by atoms with van der Waals surface area (Å²) < 4.78 is 1.36. The van der Waals surface area contributed by atoms with E-state index in [0.29, 0.717) is 11.5 Å². The summed E-state index contributed by atoms with van der Waals surface area (Å²) in [7, 11) is 1.60. The van der Waals surface area contributed by atoms with Gasteiger partial charge in [0.05, 0.1) is 5.60 Å². The summed E-state index contributed by atoms with van der Waals surface area (Å²) in [6.07, 6.45) is 1.60. The van der Waals surface area contributed by atoms with E-state index in [1.165, 1.54) is 10.6 Å². The van der Waals surface area contributed by atoms with E-state index in [1.54, 1.807) is 42.8 Å². The largest absolute Gasteiger partial charge is 0.386 e. The number of rotatable bonds is 3. The number of thioether (sulfide) groups is 2. The molecule has 0 bridgehead atoms. The fourth-order valence-electron chi connectivity index (χ4n) is 1.90. The number of nitrogens with one attached hydrogen (secondary N) is 1. The lowest BCUT2D eigenvalue weighted by molar-refractivity contribution is 0.0752. The fourth-order valence-corrected chi connectivity index (χ4v) is 4.42. The minimum absolute atomic E-state index is 0.104. The number of aromatic nitrogens is 1. The van der Waals surface area contributed by atoms with Gasteiger partial charge < -0.3 is 15.0 Å². The molecular weight excluding hydrogens is 296 g/mol. The first-order valence-electron chi connectivity index (χ1n) is 6.34. The third kappa shape index (κ3) is 3.80. The van der Waals surface area contributed by atoms with E-state index in [0.717, 1.165) is 11.5 Å². The van der Waals surface area contributed by atoms with Gasteiger partial charge in [-0.2, -0.15) is 23.5 Å². The van der Waals surface area contributed by atoms with Gasteiger partial charge in [0.2, 0.25) is 0 Å². The van der Waals surface area contributed by atoms with Gasteiger partial charge in [-0.3, -0.25) is 9.59 Å². The highest BCUT2D eigenvalue weighted by molar-refractivity contribution is 8.03. The Balaban J connectivity index is 2.01. The summed E-state index contributed by atoms with van der Waals surface area (Å²) in [5, 5.41) is 13.1. The molecule has 0 spiro atoms. The van der Waals surface area contributed by atoms with Crippen LogP contribution in [-0.4, -0.2) is 50.7 Å². The summed E-state index contributed by atoms with van der Waals surface area (Å²) in [5.74, 6) is 2.80. The van der Waals surface area contributed by atoms with Crippen LogP contribution in [0.15, 0.2) is 23.1 Å². The normalized spacial score (nSPS) is 18.3. The molecule has 1 fully saturated rings. The third-order valence-electron chi connectivity index (χ3n) is 3.06. The molecule has 2 N–H and O–H groups in total. The Bertz CT molecular complexity index is 537. The summed E-state index contributed by atoms with van der Waals surface area (Å²) in [5.41, 5.74) is -1.13. The van der Waals surface area contributed by atoms with Crippen LogP contribution >= 0.6 is 23.5 Å². The van der Waals surface area contributed by atoms with Crippen LogP contribution in [-0.2, 0) is 7.05 Å². The Labute approximate surface area is 126 Å². The quantitative estimate of drug-likeness (QED) is 0.841. The Kier molecular flexibility index (Phi) is 5.17. The zero-order chi connectivity index (χ0) is 14.6. The SMILES string of the molecule is Cn1cccc(C(=O)NCC2(O)CSCCSC2)c1=O. The molecule has 1 aromatic rings. The number of hydrogen-bond acceptors (Lipinski definition) is 5. The number of nitrogens with zero attached hydrogens (tertiary/aromatic N) is 1. The van der Waals surface area contributed by atoms with Crippen molar-refractivity contribution in [3.8, 4) is 0 Å². The van der Waals surface area contributed by atoms with E-state index < -0.39 is 11.5 Å². The maximum atomic E-state index is 12.0. The molecule has 5 nitrogen and oxygen atoms in total. The van der Waals surface area contributed by atoms with Gasteiger partial charge in [-0.25, -0.2) is 0 Å². The minimum atomic E-state index is -0.901. The summed E-state index contributed by atoms with van der Waals surface area (Å²) >= 11 is 3.38.